The third-order valence-corrected chi connectivity index (χ3v) is 3.81. The summed E-state index contributed by atoms with van der Waals surface area (Å²) in [5.41, 5.74) is -0.410. The molecule has 25 heavy (non-hydrogen) atoms. The van der Waals surface area contributed by atoms with Crippen molar-refractivity contribution in [1.29, 1.82) is 0 Å². The van der Waals surface area contributed by atoms with Crippen LogP contribution in [0.15, 0.2) is 59.5 Å². The summed E-state index contributed by atoms with van der Waals surface area (Å²) in [6, 6.07) is 8.70. The van der Waals surface area contributed by atoms with Crippen molar-refractivity contribution in [2.45, 2.75) is 6.04 Å². The Kier molecular flexibility index (Phi) is 4.80. The number of nitrogens with one attached hydrogen (secondary N) is 1. The number of rotatable bonds is 6. The van der Waals surface area contributed by atoms with E-state index < -0.39 is 10.8 Å². The number of aromatic nitrogens is 2. The van der Waals surface area contributed by atoms with Crippen LogP contribution in [-0.2, 0) is 0 Å². The lowest BCUT2D eigenvalue weighted by Gasteiger charge is -2.16. The van der Waals surface area contributed by atoms with Crippen molar-refractivity contribution in [3.8, 4) is 0 Å². The fraction of sp³-hybridized carbons (Fsp3) is 0.125. The molecule has 2 aromatic heterocycles. The maximum atomic E-state index is 12.4. The number of hydrogen-bond acceptors (Lipinski definition) is 5. The summed E-state index contributed by atoms with van der Waals surface area (Å²) in [4.78, 5) is 22.9. The normalized spacial score (nSPS) is 11.9. The van der Waals surface area contributed by atoms with Gasteiger partial charge in [0.05, 0.1) is 11.2 Å². The molecule has 1 aromatic carbocycles. The van der Waals surface area contributed by atoms with E-state index in [0.717, 1.165) is 0 Å². The van der Waals surface area contributed by atoms with Gasteiger partial charge in [-0.25, -0.2) is 0 Å². The summed E-state index contributed by atoms with van der Waals surface area (Å²) in [5.74, 6) is 0.00232. The molecule has 8 nitrogen and oxygen atoms in total. The van der Waals surface area contributed by atoms with Gasteiger partial charge in [0.2, 0.25) is 0 Å². The van der Waals surface area contributed by atoms with E-state index >= 15 is 0 Å². The van der Waals surface area contributed by atoms with Gasteiger partial charge in [-0.05, 0) is 30.3 Å². The number of amides is 1. The molecule has 128 valence electrons. The zero-order valence-corrected chi connectivity index (χ0v) is 13.6. The first-order valence-electron chi connectivity index (χ1n) is 7.31. The zero-order chi connectivity index (χ0) is 17.8. The second-order valence-corrected chi connectivity index (χ2v) is 5.58. The van der Waals surface area contributed by atoms with Gasteiger partial charge in [0.25, 0.3) is 11.6 Å². The van der Waals surface area contributed by atoms with Crippen LogP contribution in [0.25, 0.3) is 0 Å². The van der Waals surface area contributed by atoms with Crippen LogP contribution in [0.4, 0.5) is 5.69 Å². The van der Waals surface area contributed by atoms with Crippen molar-refractivity contribution in [1.82, 2.24) is 15.1 Å². The lowest BCUT2D eigenvalue weighted by atomic mass is 10.1. The molecule has 2 heterocycles. The highest BCUT2D eigenvalue weighted by atomic mass is 35.5. The number of nitro groups is 1. The fourth-order valence-corrected chi connectivity index (χ4v) is 2.58. The Hall–Kier alpha value is -3.13. The van der Waals surface area contributed by atoms with Crippen molar-refractivity contribution < 1.29 is 14.1 Å². The molecule has 0 spiro atoms. The first-order chi connectivity index (χ1) is 12.1. The van der Waals surface area contributed by atoms with Crippen molar-refractivity contribution in [3.05, 3.63) is 81.5 Å². The SMILES string of the molecule is O=C(NCC(c1ccco1)n1cccn1)c1cc(Cl)ccc1[N+](=O)[O-]. The van der Waals surface area contributed by atoms with Crippen molar-refractivity contribution in [2.24, 2.45) is 0 Å². The predicted octanol–water partition coefficient (Wildman–Crippen LogP) is 3.06. The minimum atomic E-state index is -0.622. The molecule has 0 saturated carbocycles. The van der Waals surface area contributed by atoms with E-state index in [1.54, 1.807) is 35.3 Å². The number of halogens is 1. The van der Waals surface area contributed by atoms with Gasteiger partial charge >= 0.3 is 0 Å². The topological polar surface area (TPSA) is 103 Å². The third kappa shape index (κ3) is 3.69. The van der Waals surface area contributed by atoms with Gasteiger partial charge in [-0.1, -0.05) is 11.6 Å². The van der Waals surface area contributed by atoms with E-state index in [1.165, 1.54) is 24.5 Å². The lowest BCUT2D eigenvalue weighted by molar-refractivity contribution is -0.385. The quantitative estimate of drug-likeness (QED) is 0.537. The van der Waals surface area contributed by atoms with Crippen LogP contribution in [0.2, 0.25) is 5.02 Å². The van der Waals surface area contributed by atoms with Gasteiger partial charge < -0.3 is 9.73 Å². The summed E-state index contributed by atoms with van der Waals surface area (Å²) < 4.78 is 7.03. The Morgan fingerprint density at radius 1 is 1.40 bits per heavy atom. The highest BCUT2D eigenvalue weighted by molar-refractivity contribution is 6.31. The van der Waals surface area contributed by atoms with E-state index in [1.807, 2.05) is 0 Å². The van der Waals surface area contributed by atoms with Crippen LogP contribution in [-0.4, -0.2) is 27.2 Å². The average Bonchev–Trinajstić information content (AvgIpc) is 3.28. The van der Waals surface area contributed by atoms with Crippen LogP contribution < -0.4 is 5.32 Å². The standard InChI is InChI=1S/C16H13ClN4O4/c17-11-4-5-13(21(23)24)12(9-11)16(22)18-10-14(15-3-1-8-25-15)20-7-2-6-19-20/h1-9,14H,10H2,(H,18,22). The molecule has 9 heteroatoms. The second kappa shape index (κ2) is 7.18. The smallest absolute Gasteiger partial charge is 0.282 e. The number of nitro benzene ring substituents is 1. The monoisotopic (exact) mass is 360 g/mol. The molecule has 0 radical (unpaired) electrons. The molecule has 1 N–H and O–H groups in total. The van der Waals surface area contributed by atoms with Gasteiger partial charge in [-0.3, -0.25) is 19.6 Å². The molecular formula is C16H13ClN4O4. The Morgan fingerprint density at radius 3 is 2.88 bits per heavy atom. The maximum Gasteiger partial charge on any atom is 0.282 e. The molecule has 0 aliphatic heterocycles. The molecule has 1 unspecified atom stereocenters. The maximum absolute atomic E-state index is 12.4. The summed E-state index contributed by atoms with van der Waals surface area (Å²) in [6.45, 7) is 0.137. The summed E-state index contributed by atoms with van der Waals surface area (Å²) in [5, 5.41) is 18.2. The fourth-order valence-electron chi connectivity index (χ4n) is 2.40. The number of carbonyl (C=O) groups excluding carboxylic acids is 1. The van der Waals surface area contributed by atoms with E-state index in [-0.39, 0.29) is 28.9 Å². The number of hydrogen-bond donors (Lipinski definition) is 1. The van der Waals surface area contributed by atoms with Crippen LogP contribution in [0.5, 0.6) is 0 Å². The second-order valence-electron chi connectivity index (χ2n) is 5.15. The van der Waals surface area contributed by atoms with Gasteiger partial charge in [0, 0.05) is 30.0 Å². The van der Waals surface area contributed by atoms with Crippen LogP contribution in [0.1, 0.15) is 22.2 Å². The Balaban J connectivity index is 1.81. The van der Waals surface area contributed by atoms with E-state index in [9.17, 15) is 14.9 Å². The summed E-state index contributed by atoms with van der Waals surface area (Å²) in [7, 11) is 0. The first kappa shape index (κ1) is 16.7. The van der Waals surface area contributed by atoms with Crippen molar-refractivity contribution in [2.75, 3.05) is 6.54 Å². The molecule has 3 aromatic rings. The van der Waals surface area contributed by atoms with Gasteiger partial charge in [0.15, 0.2) is 0 Å². The van der Waals surface area contributed by atoms with Gasteiger partial charge in [-0.2, -0.15) is 5.10 Å². The third-order valence-electron chi connectivity index (χ3n) is 3.57. The van der Waals surface area contributed by atoms with E-state index in [2.05, 4.69) is 10.4 Å². The molecule has 1 atom stereocenters. The minimum Gasteiger partial charge on any atom is -0.467 e. The summed E-state index contributed by atoms with van der Waals surface area (Å²) in [6.07, 6.45) is 4.87. The first-order valence-corrected chi connectivity index (χ1v) is 7.68. The largest absolute Gasteiger partial charge is 0.467 e. The molecule has 0 aliphatic rings. The molecule has 0 bridgehead atoms. The molecule has 3 rings (SSSR count). The molecule has 0 saturated heterocycles. The van der Waals surface area contributed by atoms with Crippen LogP contribution >= 0.6 is 11.6 Å². The van der Waals surface area contributed by atoms with Crippen molar-refractivity contribution >= 4 is 23.2 Å². The number of benzene rings is 1. The van der Waals surface area contributed by atoms with E-state index in [4.69, 9.17) is 16.0 Å². The molecular weight excluding hydrogens is 348 g/mol. The Bertz CT molecular complexity index is 843. The van der Waals surface area contributed by atoms with Crippen LogP contribution in [0.3, 0.4) is 0 Å². The molecule has 1 amide bonds. The average molecular weight is 361 g/mol. The Labute approximate surface area is 147 Å². The van der Waals surface area contributed by atoms with E-state index in [0.29, 0.717) is 5.76 Å². The Morgan fingerprint density at radius 2 is 2.24 bits per heavy atom. The number of furan rings is 1. The van der Waals surface area contributed by atoms with Gasteiger partial charge in [-0.15, -0.1) is 0 Å². The zero-order valence-electron chi connectivity index (χ0n) is 12.8. The highest BCUT2D eigenvalue weighted by Gasteiger charge is 2.23. The number of nitrogens with zero attached hydrogens (tertiary/aromatic N) is 3. The highest BCUT2D eigenvalue weighted by Crippen LogP contribution is 2.23. The van der Waals surface area contributed by atoms with Crippen LogP contribution in [0, 0.1) is 10.1 Å². The summed E-state index contributed by atoms with van der Waals surface area (Å²) >= 11 is 5.86. The predicted molar refractivity (Wildman–Crippen MR) is 89.5 cm³/mol. The van der Waals surface area contributed by atoms with Gasteiger partial charge in [0.1, 0.15) is 17.4 Å². The minimum absolute atomic E-state index is 0.101. The lowest BCUT2D eigenvalue weighted by Crippen LogP contribution is -2.31. The number of carbonyl (C=O) groups is 1. The van der Waals surface area contributed by atoms with Crippen molar-refractivity contribution in [3.63, 3.8) is 0 Å². The molecule has 0 fully saturated rings. The molecule has 0 aliphatic carbocycles.